The molecule has 0 heterocycles. The van der Waals surface area contributed by atoms with Crippen LogP contribution in [0.3, 0.4) is 0 Å². The van der Waals surface area contributed by atoms with Crippen LogP contribution >= 0.6 is 0 Å². The molecular formula is C16H32N2. The molecule has 0 aromatic rings. The topological polar surface area (TPSA) is 15.3 Å². The van der Waals surface area contributed by atoms with Gasteiger partial charge < -0.3 is 5.32 Å². The van der Waals surface area contributed by atoms with Gasteiger partial charge in [-0.15, -0.1) is 0 Å². The minimum atomic E-state index is 0.463. The molecule has 2 rings (SSSR count). The summed E-state index contributed by atoms with van der Waals surface area (Å²) < 4.78 is 0. The monoisotopic (exact) mass is 252 g/mol. The van der Waals surface area contributed by atoms with Crippen molar-refractivity contribution in [3.05, 3.63) is 0 Å². The van der Waals surface area contributed by atoms with Crippen molar-refractivity contribution in [2.75, 3.05) is 13.1 Å². The van der Waals surface area contributed by atoms with Crippen LogP contribution in [0, 0.1) is 11.3 Å². The molecule has 0 saturated heterocycles. The van der Waals surface area contributed by atoms with E-state index in [9.17, 15) is 0 Å². The molecule has 2 aliphatic carbocycles. The van der Waals surface area contributed by atoms with Crippen LogP contribution in [0.4, 0.5) is 0 Å². The Bertz CT molecular complexity index is 268. The third kappa shape index (κ3) is 3.08. The van der Waals surface area contributed by atoms with Gasteiger partial charge in [0, 0.05) is 24.7 Å². The number of likely N-dealkylation sites (N-methyl/N-ethyl adjacent to an activating group) is 1. The summed E-state index contributed by atoms with van der Waals surface area (Å²) in [5.41, 5.74) is 0.463. The first-order chi connectivity index (χ1) is 8.45. The summed E-state index contributed by atoms with van der Waals surface area (Å²) in [6.07, 6.45) is 5.62. The van der Waals surface area contributed by atoms with Crippen LogP contribution in [0.5, 0.6) is 0 Å². The first kappa shape index (κ1) is 14.3. The van der Waals surface area contributed by atoms with Gasteiger partial charge in [-0.05, 0) is 43.6 Å². The van der Waals surface area contributed by atoms with Gasteiger partial charge in [-0.1, -0.05) is 34.6 Å². The number of rotatable bonds is 6. The molecule has 2 aliphatic rings. The summed E-state index contributed by atoms with van der Waals surface area (Å²) in [7, 11) is 0. The molecule has 2 heteroatoms. The van der Waals surface area contributed by atoms with Crippen LogP contribution in [0.2, 0.25) is 0 Å². The second kappa shape index (κ2) is 5.50. The predicted molar refractivity (Wildman–Crippen MR) is 78.8 cm³/mol. The van der Waals surface area contributed by atoms with Crippen molar-refractivity contribution >= 4 is 0 Å². The Balaban J connectivity index is 2.08. The van der Waals surface area contributed by atoms with Crippen LogP contribution in [-0.4, -0.2) is 36.1 Å². The molecule has 18 heavy (non-hydrogen) atoms. The van der Waals surface area contributed by atoms with E-state index in [1.807, 2.05) is 0 Å². The highest BCUT2D eigenvalue weighted by Crippen LogP contribution is 2.43. The molecule has 0 aromatic heterocycles. The summed E-state index contributed by atoms with van der Waals surface area (Å²) in [4.78, 5) is 2.84. The maximum absolute atomic E-state index is 3.78. The zero-order valence-corrected chi connectivity index (χ0v) is 13.0. The number of nitrogens with one attached hydrogen (secondary N) is 1. The lowest BCUT2D eigenvalue weighted by Crippen LogP contribution is -2.53. The molecule has 2 atom stereocenters. The minimum absolute atomic E-state index is 0.463. The van der Waals surface area contributed by atoms with Crippen molar-refractivity contribution in [2.24, 2.45) is 11.3 Å². The maximum Gasteiger partial charge on any atom is 0.0274 e. The van der Waals surface area contributed by atoms with Gasteiger partial charge >= 0.3 is 0 Å². The Hall–Kier alpha value is -0.0800. The summed E-state index contributed by atoms with van der Waals surface area (Å²) in [6.45, 7) is 14.2. The number of hydrogen-bond donors (Lipinski definition) is 1. The highest BCUT2D eigenvalue weighted by molar-refractivity contribution is 5.04. The van der Waals surface area contributed by atoms with E-state index in [0.717, 1.165) is 24.5 Å². The maximum atomic E-state index is 3.78. The van der Waals surface area contributed by atoms with Crippen molar-refractivity contribution in [2.45, 2.75) is 78.4 Å². The summed E-state index contributed by atoms with van der Waals surface area (Å²) in [5, 5.41) is 3.78. The van der Waals surface area contributed by atoms with Gasteiger partial charge in [0.15, 0.2) is 0 Å². The van der Waals surface area contributed by atoms with Gasteiger partial charge in [-0.25, -0.2) is 0 Å². The molecule has 2 nitrogen and oxygen atoms in total. The zero-order chi connectivity index (χ0) is 13.3. The Kier molecular flexibility index (Phi) is 4.38. The Labute approximate surface area is 114 Å². The van der Waals surface area contributed by atoms with Gasteiger partial charge in [0.25, 0.3) is 0 Å². The molecule has 1 N–H and O–H groups in total. The molecule has 0 bridgehead atoms. The third-order valence-electron chi connectivity index (χ3n) is 4.75. The predicted octanol–water partition coefficient (Wildman–Crippen LogP) is 3.27. The minimum Gasteiger partial charge on any atom is -0.312 e. The SMILES string of the molecule is CCNC1C(N(CC(C)C)C2CC2)CCC1(C)C. The standard InChI is InChI=1S/C16H32N2/c1-6-17-15-14(9-10-16(15,4)5)18(11-12(2)3)13-7-8-13/h12-15,17H,6-11H2,1-5H3. The Morgan fingerprint density at radius 1 is 1.22 bits per heavy atom. The van der Waals surface area contributed by atoms with E-state index in [1.54, 1.807) is 0 Å². The fourth-order valence-electron chi connectivity index (χ4n) is 3.74. The van der Waals surface area contributed by atoms with Crippen molar-refractivity contribution < 1.29 is 0 Å². The van der Waals surface area contributed by atoms with Gasteiger partial charge in [0.2, 0.25) is 0 Å². The van der Waals surface area contributed by atoms with Crippen LogP contribution in [0.1, 0.15) is 60.3 Å². The number of nitrogens with zero attached hydrogens (tertiary/aromatic N) is 1. The molecule has 0 spiro atoms. The molecule has 0 aromatic carbocycles. The lowest BCUT2D eigenvalue weighted by Gasteiger charge is -2.38. The highest BCUT2D eigenvalue weighted by atomic mass is 15.2. The van der Waals surface area contributed by atoms with Gasteiger partial charge in [0.1, 0.15) is 0 Å². The van der Waals surface area contributed by atoms with E-state index in [-0.39, 0.29) is 0 Å². The molecule has 0 radical (unpaired) electrons. The fourth-order valence-corrected chi connectivity index (χ4v) is 3.74. The normalized spacial score (nSPS) is 31.5. The highest BCUT2D eigenvalue weighted by Gasteiger charge is 2.47. The number of hydrogen-bond acceptors (Lipinski definition) is 2. The fraction of sp³-hybridized carbons (Fsp3) is 1.00. The zero-order valence-electron chi connectivity index (χ0n) is 13.0. The molecule has 2 unspecified atom stereocenters. The van der Waals surface area contributed by atoms with Crippen molar-refractivity contribution in [1.82, 2.24) is 10.2 Å². The van der Waals surface area contributed by atoms with E-state index >= 15 is 0 Å². The van der Waals surface area contributed by atoms with Crippen LogP contribution in [0.15, 0.2) is 0 Å². The molecule has 0 aliphatic heterocycles. The third-order valence-corrected chi connectivity index (χ3v) is 4.75. The Morgan fingerprint density at radius 3 is 2.39 bits per heavy atom. The van der Waals surface area contributed by atoms with Crippen molar-refractivity contribution in [3.8, 4) is 0 Å². The van der Waals surface area contributed by atoms with Crippen LogP contribution in [-0.2, 0) is 0 Å². The molecule has 106 valence electrons. The summed E-state index contributed by atoms with van der Waals surface area (Å²) in [6, 6.07) is 2.35. The average Bonchev–Trinajstić information content (AvgIpc) is 3.05. The van der Waals surface area contributed by atoms with E-state index < -0.39 is 0 Å². The van der Waals surface area contributed by atoms with Gasteiger partial charge in [0.05, 0.1) is 0 Å². The molecular weight excluding hydrogens is 220 g/mol. The molecule has 2 fully saturated rings. The second-order valence-electron chi connectivity index (χ2n) is 7.45. The largest absolute Gasteiger partial charge is 0.312 e. The van der Waals surface area contributed by atoms with E-state index in [0.29, 0.717) is 11.5 Å². The first-order valence-electron chi connectivity index (χ1n) is 7.95. The van der Waals surface area contributed by atoms with Crippen LogP contribution < -0.4 is 5.32 Å². The molecule has 2 saturated carbocycles. The summed E-state index contributed by atoms with van der Waals surface area (Å²) >= 11 is 0. The van der Waals surface area contributed by atoms with E-state index in [2.05, 4.69) is 44.8 Å². The van der Waals surface area contributed by atoms with Gasteiger partial charge in [-0.2, -0.15) is 0 Å². The van der Waals surface area contributed by atoms with E-state index in [4.69, 9.17) is 0 Å². The summed E-state index contributed by atoms with van der Waals surface area (Å²) in [5.74, 6) is 0.789. The van der Waals surface area contributed by atoms with Gasteiger partial charge in [-0.3, -0.25) is 4.90 Å². The average molecular weight is 252 g/mol. The first-order valence-corrected chi connectivity index (χ1v) is 7.95. The van der Waals surface area contributed by atoms with Crippen LogP contribution in [0.25, 0.3) is 0 Å². The Morgan fingerprint density at radius 2 is 1.89 bits per heavy atom. The van der Waals surface area contributed by atoms with Crippen molar-refractivity contribution in [3.63, 3.8) is 0 Å². The van der Waals surface area contributed by atoms with Crippen molar-refractivity contribution in [1.29, 1.82) is 0 Å². The molecule has 0 amide bonds. The second-order valence-corrected chi connectivity index (χ2v) is 7.45. The van der Waals surface area contributed by atoms with E-state index in [1.165, 1.54) is 32.2 Å². The quantitative estimate of drug-likeness (QED) is 0.780. The lowest BCUT2D eigenvalue weighted by molar-refractivity contribution is 0.123. The smallest absolute Gasteiger partial charge is 0.0274 e. The lowest BCUT2D eigenvalue weighted by atomic mass is 9.86.